The van der Waals surface area contributed by atoms with Crippen molar-refractivity contribution in [2.75, 3.05) is 19.5 Å². The molecule has 96 valence electrons. The zero-order valence-electron chi connectivity index (χ0n) is 10.5. The number of anilines is 1. The number of nitrogen functional groups attached to an aromatic ring is 1. The Kier molecular flexibility index (Phi) is 3.53. The third-order valence-corrected chi connectivity index (χ3v) is 2.67. The van der Waals surface area contributed by atoms with Crippen LogP contribution in [0, 0.1) is 0 Å². The lowest BCUT2D eigenvalue weighted by atomic mass is 10.2. The molecule has 0 aliphatic rings. The molecule has 1 aromatic heterocycles. The van der Waals surface area contributed by atoms with Crippen molar-refractivity contribution < 1.29 is 14.3 Å². The summed E-state index contributed by atoms with van der Waals surface area (Å²) in [5.74, 6) is -0.357. The minimum Gasteiger partial charge on any atom is -0.461 e. The van der Waals surface area contributed by atoms with Crippen molar-refractivity contribution in [2.45, 2.75) is 13.7 Å². The summed E-state index contributed by atoms with van der Waals surface area (Å²) in [6.45, 7) is 2.41. The third-order valence-electron chi connectivity index (χ3n) is 2.67. The summed E-state index contributed by atoms with van der Waals surface area (Å²) in [6.07, 6.45) is 0. The normalized spacial score (nSPS) is 10.8. The van der Waals surface area contributed by atoms with Crippen LogP contribution in [0.4, 0.5) is 5.69 Å². The second-order valence-electron chi connectivity index (χ2n) is 3.91. The predicted octanol–water partition coefficient (Wildman–Crippen LogP) is 2.00. The van der Waals surface area contributed by atoms with Crippen molar-refractivity contribution in [1.29, 1.82) is 0 Å². The molecular weight excluding hydrogens is 232 g/mol. The van der Waals surface area contributed by atoms with E-state index >= 15 is 0 Å². The molecule has 0 bridgehead atoms. The molecule has 18 heavy (non-hydrogen) atoms. The highest BCUT2D eigenvalue weighted by Gasteiger charge is 2.16. The number of aromatic nitrogens is 1. The largest absolute Gasteiger partial charge is 0.461 e. The van der Waals surface area contributed by atoms with E-state index in [-0.39, 0.29) is 5.97 Å². The molecule has 0 saturated heterocycles. The molecule has 0 fully saturated rings. The van der Waals surface area contributed by atoms with Crippen molar-refractivity contribution in [1.82, 2.24) is 4.57 Å². The van der Waals surface area contributed by atoms with E-state index < -0.39 is 0 Å². The fourth-order valence-corrected chi connectivity index (χ4v) is 1.93. The highest BCUT2D eigenvalue weighted by atomic mass is 16.5. The van der Waals surface area contributed by atoms with Crippen molar-refractivity contribution in [2.24, 2.45) is 0 Å². The molecule has 0 aliphatic carbocycles. The van der Waals surface area contributed by atoms with Gasteiger partial charge < -0.3 is 19.8 Å². The molecule has 1 heterocycles. The van der Waals surface area contributed by atoms with E-state index in [1.165, 1.54) is 0 Å². The molecule has 0 aliphatic heterocycles. The zero-order valence-corrected chi connectivity index (χ0v) is 10.5. The Balaban J connectivity index is 2.56. The Morgan fingerprint density at radius 2 is 2.17 bits per heavy atom. The number of rotatable bonds is 4. The van der Waals surface area contributed by atoms with Gasteiger partial charge in [0.1, 0.15) is 12.4 Å². The summed E-state index contributed by atoms with van der Waals surface area (Å²) in [4.78, 5) is 11.9. The van der Waals surface area contributed by atoms with Crippen LogP contribution in [-0.4, -0.2) is 24.3 Å². The first kappa shape index (κ1) is 12.4. The lowest BCUT2D eigenvalue weighted by Crippen LogP contribution is -2.12. The number of hydrogen-bond acceptors (Lipinski definition) is 4. The first-order valence-corrected chi connectivity index (χ1v) is 5.72. The quantitative estimate of drug-likeness (QED) is 0.664. The topological polar surface area (TPSA) is 66.5 Å². The number of carbonyl (C=O) groups is 1. The van der Waals surface area contributed by atoms with Gasteiger partial charge in [0.05, 0.1) is 12.1 Å². The Morgan fingerprint density at radius 1 is 1.39 bits per heavy atom. The molecule has 2 rings (SSSR count). The van der Waals surface area contributed by atoms with Gasteiger partial charge in [-0.1, -0.05) is 0 Å². The van der Waals surface area contributed by atoms with Crippen LogP contribution in [0.15, 0.2) is 24.3 Å². The summed E-state index contributed by atoms with van der Waals surface area (Å²) in [5, 5.41) is 0.898. The number of carbonyl (C=O) groups excluding carboxylic acids is 1. The van der Waals surface area contributed by atoms with E-state index in [9.17, 15) is 4.79 Å². The van der Waals surface area contributed by atoms with Gasteiger partial charge in [0, 0.05) is 18.2 Å². The van der Waals surface area contributed by atoms with Crippen LogP contribution in [0.2, 0.25) is 0 Å². The number of esters is 1. The van der Waals surface area contributed by atoms with E-state index in [2.05, 4.69) is 0 Å². The highest BCUT2D eigenvalue weighted by Crippen LogP contribution is 2.23. The maximum absolute atomic E-state index is 11.9. The van der Waals surface area contributed by atoms with E-state index in [1.807, 2.05) is 12.1 Å². The maximum atomic E-state index is 11.9. The van der Waals surface area contributed by atoms with Gasteiger partial charge in [-0.2, -0.15) is 0 Å². The average molecular weight is 248 g/mol. The van der Waals surface area contributed by atoms with Crippen molar-refractivity contribution in [3.05, 3.63) is 30.0 Å². The van der Waals surface area contributed by atoms with Gasteiger partial charge in [0.15, 0.2) is 0 Å². The molecule has 1 aromatic carbocycles. The monoisotopic (exact) mass is 248 g/mol. The molecule has 2 aromatic rings. The van der Waals surface area contributed by atoms with Gasteiger partial charge in [-0.15, -0.1) is 0 Å². The Labute approximate surface area is 105 Å². The van der Waals surface area contributed by atoms with Crippen molar-refractivity contribution >= 4 is 22.6 Å². The molecule has 0 spiro atoms. The molecule has 0 amide bonds. The second kappa shape index (κ2) is 5.10. The molecular formula is C13H16N2O3. The van der Waals surface area contributed by atoms with Crippen LogP contribution in [0.25, 0.3) is 10.9 Å². The van der Waals surface area contributed by atoms with Gasteiger partial charge in [0.2, 0.25) is 0 Å². The first-order chi connectivity index (χ1) is 8.67. The number of nitrogens with two attached hydrogens (primary N) is 1. The van der Waals surface area contributed by atoms with E-state index in [0.717, 1.165) is 10.9 Å². The van der Waals surface area contributed by atoms with Crippen LogP contribution in [0.1, 0.15) is 17.4 Å². The molecule has 0 unspecified atom stereocenters. The zero-order chi connectivity index (χ0) is 13.1. The number of ether oxygens (including phenoxy) is 2. The standard InChI is InChI=1S/C13H16N2O3/c1-3-18-13(16)12-7-9-6-10(14)4-5-11(9)15(12)8-17-2/h4-7H,3,8,14H2,1-2H3. The minimum atomic E-state index is -0.357. The fourth-order valence-electron chi connectivity index (χ4n) is 1.93. The van der Waals surface area contributed by atoms with Crippen LogP contribution in [-0.2, 0) is 16.2 Å². The van der Waals surface area contributed by atoms with E-state index in [0.29, 0.717) is 24.7 Å². The average Bonchev–Trinajstić information content (AvgIpc) is 2.68. The van der Waals surface area contributed by atoms with Crippen molar-refractivity contribution in [3.8, 4) is 0 Å². The van der Waals surface area contributed by atoms with Crippen LogP contribution in [0.3, 0.4) is 0 Å². The minimum absolute atomic E-state index is 0.293. The first-order valence-electron chi connectivity index (χ1n) is 5.72. The summed E-state index contributed by atoms with van der Waals surface area (Å²) in [6, 6.07) is 7.25. The van der Waals surface area contributed by atoms with Gasteiger partial charge in [-0.25, -0.2) is 4.79 Å². The van der Waals surface area contributed by atoms with Gasteiger partial charge in [0.25, 0.3) is 0 Å². The fraction of sp³-hybridized carbons (Fsp3) is 0.308. The summed E-state index contributed by atoms with van der Waals surface area (Å²) < 4.78 is 11.9. The van der Waals surface area contributed by atoms with Gasteiger partial charge in [-0.3, -0.25) is 0 Å². The second-order valence-corrected chi connectivity index (χ2v) is 3.91. The predicted molar refractivity (Wildman–Crippen MR) is 69.3 cm³/mol. The summed E-state index contributed by atoms with van der Waals surface area (Å²) >= 11 is 0. The van der Waals surface area contributed by atoms with Crippen molar-refractivity contribution in [3.63, 3.8) is 0 Å². The highest BCUT2D eigenvalue weighted by molar-refractivity contribution is 5.96. The summed E-state index contributed by atoms with van der Waals surface area (Å²) in [7, 11) is 1.58. The number of benzene rings is 1. The van der Waals surface area contributed by atoms with E-state index in [1.54, 1.807) is 30.7 Å². The van der Waals surface area contributed by atoms with Gasteiger partial charge >= 0.3 is 5.97 Å². The Hall–Kier alpha value is -2.01. The Morgan fingerprint density at radius 3 is 2.83 bits per heavy atom. The number of fused-ring (bicyclic) bond motifs is 1. The molecule has 0 atom stereocenters. The lowest BCUT2D eigenvalue weighted by Gasteiger charge is -2.08. The molecule has 2 N–H and O–H groups in total. The number of hydrogen-bond donors (Lipinski definition) is 1. The molecule has 5 nitrogen and oxygen atoms in total. The third kappa shape index (κ3) is 2.17. The van der Waals surface area contributed by atoms with Crippen LogP contribution < -0.4 is 5.73 Å². The molecule has 0 saturated carbocycles. The molecule has 0 radical (unpaired) electrons. The van der Waals surface area contributed by atoms with Crippen LogP contribution in [0.5, 0.6) is 0 Å². The lowest BCUT2D eigenvalue weighted by molar-refractivity contribution is 0.0496. The number of nitrogens with zero attached hydrogens (tertiary/aromatic N) is 1. The van der Waals surface area contributed by atoms with Gasteiger partial charge in [-0.05, 0) is 31.2 Å². The SMILES string of the molecule is CCOC(=O)c1cc2cc(N)ccc2n1COC. The Bertz CT molecular complexity index is 575. The molecule has 5 heteroatoms. The van der Waals surface area contributed by atoms with E-state index in [4.69, 9.17) is 15.2 Å². The smallest absolute Gasteiger partial charge is 0.355 e. The number of methoxy groups -OCH3 is 1. The summed E-state index contributed by atoms with van der Waals surface area (Å²) in [5.41, 5.74) is 7.76. The van der Waals surface area contributed by atoms with Crippen LogP contribution >= 0.6 is 0 Å². The maximum Gasteiger partial charge on any atom is 0.355 e.